The molecule has 120 valence electrons. The number of fused-ring (bicyclic) bond motifs is 1. The van der Waals surface area contributed by atoms with Crippen molar-refractivity contribution in [2.75, 3.05) is 6.61 Å². The van der Waals surface area contributed by atoms with E-state index in [1.54, 1.807) is 16.7 Å². The number of imidazole rings is 1. The van der Waals surface area contributed by atoms with E-state index in [-0.39, 0.29) is 6.61 Å². The Labute approximate surface area is 131 Å². The fraction of sp³-hybridized carbons (Fsp3) is 0.312. The van der Waals surface area contributed by atoms with E-state index >= 15 is 0 Å². The first-order chi connectivity index (χ1) is 11.2. The van der Waals surface area contributed by atoms with E-state index in [0.717, 1.165) is 11.0 Å². The Balaban J connectivity index is 1.90. The minimum absolute atomic E-state index is 0.378. The van der Waals surface area contributed by atoms with Gasteiger partial charge in [0.1, 0.15) is 18.3 Å². The molecule has 2 aromatic heterocycles. The number of aliphatic hydroxyl groups excluding tert-OH is 3. The fourth-order valence-corrected chi connectivity index (χ4v) is 2.97. The molecule has 0 bridgehead atoms. The van der Waals surface area contributed by atoms with Crippen molar-refractivity contribution in [2.45, 2.75) is 24.5 Å². The molecule has 0 radical (unpaired) electrons. The third-order valence-corrected chi connectivity index (χ3v) is 4.11. The maximum Gasteiger partial charge on any atom is 0.179 e. The lowest BCUT2D eigenvalue weighted by Crippen LogP contribution is -2.33. The first kappa shape index (κ1) is 14.4. The second-order valence-corrected chi connectivity index (χ2v) is 5.50. The van der Waals surface area contributed by atoms with Crippen LogP contribution in [0.5, 0.6) is 0 Å². The zero-order valence-electron chi connectivity index (χ0n) is 12.1. The van der Waals surface area contributed by atoms with Gasteiger partial charge in [-0.3, -0.25) is 4.57 Å². The number of furan rings is 1. The van der Waals surface area contributed by atoms with E-state index in [0.29, 0.717) is 11.6 Å². The number of nitrogens with zero attached hydrogens (tertiary/aromatic N) is 2. The Morgan fingerprint density at radius 1 is 1.09 bits per heavy atom. The largest absolute Gasteiger partial charge is 0.461 e. The minimum Gasteiger partial charge on any atom is -0.461 e. The number of hydrogen-bond acceptors (Lipinski definition) is 6. The van der Waals surface area contributed by atoms with Crippen molar-refractivity contribution in [2.24, 2.45) is 0 Å². The van der Waals surface area contributed by atoms with Crippen molar-refractivity contribution in [3.05, 3.63) is 42.7 Å². The molecule has 4 rings (SSSR count). The molecule has 0 saturated carbocycles. The van der Waals surface area contributed by atoms with Crippen LogP contribution in [0.4, 0.5) is 0 Å². The van der Waals surface area contributed by atoms with Gasteiger partial charge in [0.05, 0.1) is 23.9 Å². The number of ether oxygens (including phenoxy) is 1. The average Bonchev–Trinajstić information content (AvgIpc) is 3.27. The average molecular weight is 316 g/mol. The van der Waals surface area contributed by atoms with E-state index in [9.17, 15) is 15.3 Å². The Kier molecular flexibility index (Phi) is 3.42. The standard InChI is InChI=1S/C16H16N2O5/c19-8-12-13(20)14(21)16(23-12)18-10-5-2-1-4-9(10)17-15(18)11-6-3-7-22-11/h1-7,12-14,16,19-21H,8H2/t12-,13-,14-,16-/m1/s1. The predicted molar refractivity (Wildman–Crippen MR) is 80.4 cm³/mol. The molecule has 0 spiro atoms. The maximum atomic E-state index is 10.3. The zero-order valence-corrected chi connectivity index (χ0v) is 12.1. The topological polar surface area (TPSA) is 101 Å². The molecular weight excluding hydrogens is 300 g/mol. The lowest BCUT2D eigenvalue weighted by atomic mass is 10.1. The maximum absolute atomic E-state index is 10.3. The first-order valence-electron chi connectivity index (χ1n) is 7.34. The molecule has 0 aliphatic carbocycles. The van der Waals surface area contributed by atoms with Crippen molar-refractivity contribution >= 4 is 11.0 Å². The van der Waals surface area contributed by atoms with Crippen molar-refractivity contribution in [3.63, 3.8) is 0 Å². The van der Waals surface area contributed by atoms with Gasteiger partial charge in [0, 0.05) is 0 Å². The third-order valence-electron chi connectivity index (χ3n) is 4.11. The highest BCUT2D eigenvalue weighted by Gasteiger charge is 2.44. The molecule has 3 heterocycles. The SMILES string of the molecule is OC[C@H]1O[C@@H](n2c(-c3ccco3)nc3ccccc32)[C@H](O)[C@@H]1O. The lowest BCUT2D eigenvalue weighted by molar-refractivity contribution is -0.0502. The number of rotatable bonds is 3. The monoisotopic (exact) mass is 316 g/mol. The molecule has 1 aliphatic heterocycles. The van der Waals surface area contributed by atoms with Crippen LogP contribution >= 0.6 is 0 Å². The Morgan fingerprint density at radius 3 is 2.61 bits per heavy atom. The van der Waals surface area contributed by atoms with Crippen molar-refractivity contribution < 1.29 is 24.5 Å². The van der Waals surface area contributed by atoms with Crippen LogP contribution in [-0.4, -0.2) is 49.8 Å². The van der Waals surface area contributed by atoms with E-state index in [1.165, 1.54) is 6.26 Å². The second-order valence-electron chi connectivity index (χ2n) is 5.50. The van der Waals surface area contributed by atoms with Crippen molar-refractivity contribution in [1.82, 2.24) is 9.55 Å². The summed E-state index contributed by atoms with van der Waals surface area (Å²) < 4.78 is 12.8. The van der Waals surface area contributed by atoms with Gasteiger partial charge in [-0.1, -0.05) is 12.1 Å². The summed E-state index contributed by atoms with van der Waals surface area (Å²) in [6.45, 7) is -0.378. The third kappa shape index (κ3) is 2.17. The number of aliphatic hydroxyl groups is 3. The van der Waals surface area contributed by atoms with Crippen LogP contribution in [0.1, 0.15) is 6.23 Å². The summed E-state index contributed by atoms with van der Waals surface area (Å²) in [5.74, 6) is 1.02. The van der Waals surface area contributed by atoms with Crippen LogP contribution in [-0.2, 0) is 4.74 Å². The van der Waals surface area contributed by atoms with Gasteiger partial charge in [-0.15, -0.1) is 0 Å². The summed E-state index contributed by atoms with van der Waals surface area (Å²) in [7, 11) is 0. The van der Waals surface area contributed by atoms with E-state index in [1.807, 2.05) is 24.3 Å². The molecule has 1 saturated heterocycles. The molecule has 1 aromatic carbocycles. The fourth-order valence-electron chi connectivity index (χ4n) is 2.97. The van der Waals surface area contributed by atoms with Gasteiger partial charge in [-0.05, 0) is 24.3 Å². The van der Waals surface area contributed by atoms with Crippen molar-refractivity contribution in [3.8, 4) is 11.6 Å². The summed E-state index contributed by atoms with van der Waals surface area (Å²) in [6, 6.07) is 10.9. The van der Waals surface area contributed by atoms with Gasteiger partial charge < -0.3 is 24.5 Å². The van der Waals surface area contributed by atoms with Gasteiger partial charge in [-0.25, -0.2) is 4.98 Å². The molecule has 7 heteroatoms. The zero-order chi connectivity index (χ0) is 16.0. The van der Waals surface area contributed by atoms with Crippen LogP contribution in [0.3, 0.4) is 0 Å². The predicted octanol–water partition coefficient (Wildman–Crippen LogP) is 0.908. The molecule has 0 unspecified atom stereocenters. The molecule has 4 atom stereocenters. The summed E-state index contributed by atoms with van der Waals surface area (Å²) in [4.78, 5) is 4.54. The number of benzene rings is 1. The van der Waals surface area contributed by atoms with Crippen LogP contribution in [0, 0.1) is 0 Å². The van der Waals surface area contributed by atoms with Crippen LogP contribution in [0.15, 0.2) is 47.1 Å². The summed E-state index contributed by atoms with van der Waals surface area (Å²) in [5.41, 5.74) is 1.46. The Bertz CT molecular complexity index is 813. The smallest absolute Gasteiger partial charge is 0.179 e. The molecule has 3 aromatic rings. The second kappa shape index (κ2) is 5.47. The van der Waals surface area contributed by atoms with Gasteiger partial charge in [0.2, 0.25) is 0 Å². The number of hydrogen-bond donors (Lipinski definition) is 3. The van der Waals surface area contributed by atoms with Gasteiger partial charge in [0.15, 0.2) is 17.8 Å². The van der Waals surface area contributed by atoms with E-state index < -0.39 is 24.5 Å². The van der Waals surface area contributed by atoms with Gasteiger partial charge in [0.25, 0.3) is 0 Å². The highest BCUT2D eigenvalue weighted by Crippen LogP contribution is 2.36. The summed E-state index contributed by atoms with van der Waals surface area (Å²) >= 11 is 0. The quantitative estimate of drug-likeness (QED) is 0.664. The van der Waals surface area contributed by atoms with Crippen LogP contribution < -0.4 is 0 Å². The minimum atomic E-state index is -1.18. The van der Waals surface area contributed by atoms with E-state index in [4.69, 9.17) is 9.15 Å². The van der Waals surface area contributed by atoms with Gasteiger partial charge in [-0.2, -0.15) is 0 Å². The Hall–Kier alpha value is -2.19. The molecule has 1 aliphatic rings. The first-order valence-corrected chi connectivity index (χ1v) is 7.34. The normalized spacial score (nSPS) is 27.8. The van der Waals surface area contributed by atoms with Crippen molar-refractivity contribution in [1.29, 1.82) is 0 Å². The highest BCUT2D eigenvalue weighted by molar-refractivity contribution is 5.80. The molecule has 0 amide bonds. The molecule has 3 N–H and O–H groups in total. The van der Waals surface area contributed by atoms with Crippen LogP contribution in [0.25, 0.3) is 22.6 Å². The Morgan fingerprint density at radius 2 is 1.91 bits per heavy atom. The summed E-state index contributed by atoms with van der Waals surface area (Å²) in [6.07, 6.45) is -2.53. The molecular formula is C16H16N2O5. The molecule has 23 heavy (non-hydrogen) atoms. The number of para-hydroxylation sites is 2. The van der Waals surface area contributed by atoms with Gasteiger partial charge >= 0.3 is 0 Å². The highest BCUT2D eigenvalue weighted by atomic mass is 16.6. The molecule has 7 nitrogen and oxygen atoms in total. The van der Waals surface area contributed by atoms with Crippen LogP contribution in [0.2, 0.25) is 0 Å². The lowest BCUT2D eigenvalue weighted by Gasteiger charge is -2.19. The molecule has 1 fully saturated rings. The summed E-state index contributed by atoms with van der Waals surface area (Å²) in [5, 5.41) is 29.7. The van der Waals surface area contributed by atoms with E-state index in [2.05, 4.69) is 4.98 Å². The number of aromatic nitrogens is 2.